The van der Waals surface area contributed by atoms with Crippen molar-refractivity contribution in [3.05, 3.63) is 12.7 Å². The van der Waals surface area contributed by atoms with Crippen LogP contribution in [0.5, 0.6) is 0 Å². The van der Waals surface area contributed by atoms with Crippen molar-refractivity contribution >= 4 is 8.69 Å². The third-order valence-corrected chi connectivity index (χ3v) is 0.955. The van der Waals surface area contributed by atoms with Gasteiger partial charge in [0.1, 0.15) is 0 Å². The maximum Gasteiger partial charge on any atom is 0.177 e. The van der Waals surface area contributed by atoms with E-state index in [1.54, 1.807) is 0 Å². The van der Waals surface area contributed by atoms with Crippen LogP contribution in [-0.4, -0.2) is 4.89 Å². The largest absolute Gasteiger partial charge is 0.348 e. The first kappa shape index (κ1) is 7.93. The highest BCUT2D eigenvalue weighted by atomic mass is 31.1. The van der Waals surface area contributed by atoms with Gasteiger partial charge in [0.15, 0.2) is 8.69 Å². The van der Waals surface area contributed by atoms with Crippen molar-refractivity contribution in [1.82, 2.24) is 0 Å². The van der Waals surface area contributed by atoms with E-state index in [1.807, 2.05) is 6.08 Å². The summed E-state index contributed by atoms with van der Waals surface area (Å²) in [6, 6.07) is 0. The minimum absolute atomic E-state index is 0.898. The monoisotopic (exact) mass is 134 g/mol. The van der Waals surface area contributed by atoms with Gasteiger partial charge in [-0.15, -0.1) is 6.58 Å². The van der Waals surface area contributed by atoms with E-state index in [9.17, 15) is 0 Å². The molecular weight excluding hydrogens is 123 g/mol. The lowest BCUT2D eigenvalue weighted by molar-refractivity contribution is 0.524. The lowest BCUT2D eigenvalue weighted by atomic mass is 10.4. The number of hydrogen-bond acceptors (Lipinski definition) is 1. The van der Waals surface area contributed by atoms with Gasteiger partial charge in [-0.05, 0) is 18.8 Å². The summed E-state index contributed by atoms with van der Waals surface area (Å²) in [5.74, 6) is 0.898. The second-order valence-electron chi connectivity index (χ2n) is 1.68. The average Bonchev–Trinajstić information content (AvgIpc) is 2.48. The van der Waals surface area contributed by atoms with Crippen LogP contribution in [-0.2, 0) is 4.57 Å². The van der Waals surface area contributed by atoms with Crippen LogP contribution in [0.25, 0.3) is 0 Å². The van der Waals surface area contributed by atoms with E-state index in [0.717, 1.165) is 5.92 Å². The van der Waals surface area contributed by atoms with Crippen molar-refractivity contribution < 1.29 is 9.46 Å². The minimum atomic E-state index is -1.50. The summed E-state index contributed by atoms with van der Waals surface area (Å²) in [6.45, 7) is 3.62. The van der Waals surface area contributed by atoms with E-state index < -0.39 is 8.69 Å². The normalized spacial score (nSPS) is 17.6. The summed E-state index contributed by atoms with van der Waals surface area (Å²) in [7, 11) is -1.50. The van der Waals surface area contributed by atoms with Crippen molar-refractivity contribution in [2.75, 3.05) is 0 Å². The van der Waals surface area contributed by atoms with Crippen LogP contribution >= 0.6 is 8.69 Å². The number of allylic oxidation sites excluding steroid dienone is 1. The lowest BCUT2D eigenvalue weighted by Gasteiger charge is -1.63. The summed E-state index contributed by atoms with van der Waals surface area (Å²) >= 11 is 0. The molecule has 1 aliphatic carbocycles. The van der Waals surface area contributed by atoms with E-state index >= 15 is 0 Å². The molecule has 2 nitrogen and oxygen atoms in total. The highest BCUT2D eigenvalue weighted by Gasteiger charge is 2.15. The highest BCUT2D eigenvalue weighted by molar-refractivity contribution is 7.16. The van der Waals surface area contributed by atoms with Crippen LogP contribution in [0.1, 0.15) is 12.8 Å². The molecule has 0 bridgehead atoms. The van der Waals surface area contributed by atoms with E-state index in [-0.39, 0.29) is 0 Å². The maximum absolute atomic E-state index is 8.57. The quantitative estimate of drug-likeness (QED) is 0.432. The van der Waals surface area contributed by atoms with E-state index in [1.165, 1.54) is 12.8 Å². The molecule has 0 aliphatic heterocycles. The predicted octanol–water partition coefficient (Wildman–Crippen LogP) is 1.23. The van der Waals surface area contributed by atoms with Gasteiger partial charge < -0.3 is 4.89 Å². The molecule has 48 valence electrons. The van der Waals surface area contributed by atoms with Crippen molar-refractivity contribution in [1.29, 1.82) is 0 Å². The molecule has 0 spiro atoms. The first-order valence-corrected chi connectivity index (χ1v) is 3.54. The third kappa shape index (κ3) is 5.93. The Labute approximate surface area is 50.5 Å². The molecule has 1 unspecified atom stereocenters. The van der Waals surface area contributed by atoms with Crippen molar-refractivity contribution in [3.8, 4) is 0 Å². The van der Waals surface area contributed by atoms with Crippen LogP contribution in [0.3, 0.4) is 0 Å². The number of hydrogen-bond donors (Lipinski definition) is 1. The molecule has 0 amide bonds. The molecule has 1 saturated carbocycles. The summed E-state index contributed by atoms with van der Waals surface area (Å²) in [5.41, 5.74) is 0. The Kier molecular flexibility index (Phi) is 5.03. The molecule has 0 aromatic carbocycles. The SMILES string of the molecule is C=CC1CC1.O=[PH2]O. The van der Waals surface area contributed by atoms with Gasteiger partial charge in [-0.1, -0.05) is 6.08 Å². The van der Waals surface area contributed by atoms with Gasteiger partial charge >= 0.3 is 0 Å². The average molecular weight is 134 g/mol. The van der Waals surface area contributed by atoms with Gasteiger partial charge in [0.05, 0.1) is 0 Å². The van der Waals surface area contributed by atoms with E-state index in [2.05, 4.69) is 6.58 Å². The molecule has 1 aliphatic rings. The van der Waals surface area contributed by atoms with E-state index in [0.29, 0.717) is 0 Å². The molecule has 3 heteroatoms. The topological polar surface area (TPSA) is 37.3 Å². The van der Waals surface area contributed by atoms with Crippen LogP contribution in [0.15, 0.2) is 12.7 Å². The molecule has 8 heavy (non-hydrogen) atoms. The predicted molar refractivity (Wildman–Crippen MR) is 35.5 cm³/mol. The molecule has 1 fully saturated rings. The van der Waals surface area contributed by atoms with Crippen molar-refractivity contribution in [2.45, 2.75) is 12.8 Å². The van der Waals surface area contributed by atoms with Gasteiger partial charge in [-0.2, -0.15) is 0 Å². The molecule has 0 aromatic rings. The summed E-state index contributed by atoms with van der Waals surface area (Å²) in [4.78, 5) is 7.10. The Morgan fingerprint density at radius 2 is 2.12 bits per heavy atom. The molecular formula is C5H11O2P. The minimum Gasteiger partial charge on any atom is -0.348 e. The standard InChI is InChI=1S/C5H8.H3O2P/c1-2-5-3-4-5;1-3-2/h2,5H,1,3-4H2;3H2,(H,1,2). The molecule has 1 atom stereocenters. The van der Waals surface area contributed by atoms with Crippen LogP contribution in [0.2, 0.25) is 0 Å². The fourth-order valence-electron chi connectivity index (χ4n) is 0.332. The van der Waals surface area contributed by atoms with E-state index in [4.69, 9.17) is 9.46 Å². The van der Waals surface area contributed by atoms with Gasteiger partial charge in [0, 0.05) is 0 Å². The van der Waals surface area contributed by atoms with Gasteiger partial charge in [0.2, 0.25) is 0 Å². The number of rotatable bonds is 1. The lowest BCUT2D eigenvalue weighted by Crippen LogP contribution is -1.50. The zero-order valence-corrected chi connectivity index (χ0v) is 5.86. The Bertz CT molecular complexity index is 78.5. The fourth-order valence-corrected chi connectivity index (χ4v) is 0.332. The van der Waals surface area contributed by atoms with Crippen LogP contribution in [0, 0.1) is 5.92 Å². The second-order valence-corrected chi connectivity index (χ2v) is 1.89. The molecule has 0 radical (unpaired) electrons. The van der Waals surface area contributed by atoms with Crippen molar-refractivity contribution in [3.63, 3.8) is 0 Å². The smallest absolute Gasteiger partial charge is 0.177 e. The fraction of sp³-hybridized carbons (Fsp3) is 0.600. The Balaban J connectivity index is 0.000000145. The molecule has 0 aromatic heterocycles. The Morgan fingerprint density at radius 3 is 2.12 bits per heavy atom. The van der Waals surface area contributed by atoms with Crippen LogP contribution < -0.4 is 0 Å². The van der Waals surface area contributed by atoms with Gasteiger partial charge in [0.25, 0.3) is 0 Å². The Morgan fingerprint density at radius 1 is 1.75 bits per heavy atom. The van der Waals surface area contributed by atoms with Gasteiger partial charge in [-0.3, -0.25) is 4.57 Å². The summed E-state index contributed by atoms with van der Waals surface area (Å²) < 4.78 is 8.57. The zero-order valence-electron chi connectivity index (χ0n) is 4.71. The zero-order chi connectivity index (χ0) is 6.41. The Hall–Kier alpha value is -0.0700. The first-order chi connectivity index (χ1) is 3.85. The summed E-state index contributed by atoms with van der Waals surface area (Å²) in [5, 5.41) is 0. The molecule has 0 heterocycles. The van der Waals surface area contributed by atoms with Crippen LogP contribution in [0.4, 0.5) is 0 Å². The first-order valence-electron chi connectivity index (χ1n) is 2.55. The van der Waals surface area contributed by atoms with Gasteiger partial charge in [-0.25, -0.2) is 0 Å². The molecule has 0 saturated heterocycles. The maximum atomic E-state index is 8.57. The summed E-state index contributed by atoms with van der Waals surface area (Å²) in [6.07, 6.45) is 4.81. The van der Waals surface area contributed by atoms with Crippen molar-refractivity contribution in [2.24, 2.45) is 5.92 Å². The molecule has 1 rings (SSSR count). The molecule has 1 N–H and O–H groups in total. The highest BCUT2D eigenvalue weighted by Crippen LogP contribution is 2.28. The third-order valence-electron chi connectivity index (χ3n) is 0.955. The second kappa shape index (κ2) is 5.07.